The molecule has 0 spiro atoms. The van der Waals surface area contributed by atoms with Crippen LogP contribution in [0.1, 0.15) is 22.1 Å². The third-order valence-electron chi connectivity index (χ3n) is 4.25. The normalized spacial score (nSPS) is 16.1. The number of alkyl halides is 3. The Balaban J connectivity index is 2.00. The largest absolute Gasteiger partial charge is 0.493 e. The number of hydrogen-bond acceptors (Lipinski definition) is 5. The van der Waals surface area contributed by atoms with Gasteiger partial charge in [-0.2, -0.15) is 13.2 Å². The Kier molecular flexibility index (Phi) is 5.53. The minimum Gasteiger partial charge on any atom is -0.493 e. The Morgan fingerprint density at radius 1 is 1.21 bits per heavy atom. The molecule has 0 bridgehead atoms. The lowest BCUT2D eigenvalue weighted by Gasteiger charge is -2.38. The number of ether oxygens (including phenoxy) is 2. The van der Waals surface area contributed by atoms with E-state index in [9.17, 15) is 22.8 Å². The van der Waals surface area contributed by atoms with Crippen molar-refractivity contribution in [2.45, 2.75) is 12.3 Å². The van der Waals surface area contributed by atoms with E-state index in [-0.39, 0.29) is 23.7 Å². The Morgan fingerprint density at radius 3 is 2.59 bits per heavy atom. The maximum absolute atomic E-state index is 13.2. The first-order chi connectivity index (χ1) is 13.7. The highest BCUT2D eigenvalue weighted by atomic mass is 19.4. The molecule has 0 fully saturated rings. The molecule has 0 unspecified atom stereocenters. The zero-order valence-electron chi connectivity index (χ0n) is 15.3. The van der Waals surface area contributed by atoms with Gasteiger partial charge in [0.25, 0.3) is 11.8 Å². The van der Waals surface area contributed by atoms with Gasteiger partial charge in [-0.25, -0.2) is 0 Å². The smallest absolute Gasteiger partial charge is 0.406 e. The number of nitrogens with zero attached hydrogens (tertiary/aromatic N) is 1. The molecule has 154 valence electrons. The molecule has 3 rings (SSSR count). The van der Waals surface area contributed by atoms with Gasteiger partial charge in [-0.3, -0.25) is 9.59 Å². The topological polar surface area (TPSA) is 93.9 Å². The van der Waals surface area contributed by atoms with E-state index in [4.69, 9.17) is 15.2 Å². The lowest BCUT2D eigenvalue weighted by molar-refractivity contribution is -0.144. The van der Waals surface area contributed by atoms with Crippen LogP contribution in [-0.4, -0.2) is 43.2 Å². The summed E-state index contributed by atoms with van der Waals surface area (Å²) in [6.07, 6.45) is -5.67. The molecule has 0 aromatic heterocycles. The molecule has 2 amide bonds. The summed E-state index contributed by atoms with van der Waals surface area (Å²) in [7, 11) is 1.35. The summed E-state index contributed by atoms with van der Waals surface area (Å²) in [6.45, 7) is -1.82. The fraction of sp³-hybridized carbons (Fsp3) is 0.263. The average molecular weight is 409 g/mol. The molecule has 2 aromatic rings. The number of nitrogens with one attached hydrogen (secondary N) is 1. The number of anilines is 1. The van der Waals surface area contributed by atoms with Crippen LogP contribution in [0.4, 0.5) is 18.9 Å². The average Bonchev–Trinajstić information content (AvgIpc) is 2.67. The van der Waals surface area contributed by atoms with Gasteiger partial charge in [0.1, 0.15) is 12.7 Å². The minimum absolute atomic E-state index is 0.154. The lowest BCUT2D eigenvalue weighted by Crippen LogP contribution is -2.47. The number of carbonyl (C=O) groups excluding carboxylic acids is 2. The number of methoxy groups -OCH3 is 1. The van der Waals surface area contributed by atoms with Gasteiger partial charge in [0, 0.05) is 5.69 Å². The van der Waals surface area contributed by atoms with Crippen molar-refractivity contribution in [3.8, 4) is 11.5 Å². The Hall–Kier alpha value is -3.43. The van der Waals surface area contributed by atoms with E-state index in [1.165, 1.54) is 31.4 Å². The maximum atomic E-state index is 13.2. The third kappa shape index (κ3) is 4.53. The monoisotopic (exact) mass is 409 g/mol. The van der Waals surface area contributed by atoms with Crippen molar-refractivity contribution in [2.24, 2.45) is 5.73 Å². The molecule has 0 saturated heterocycles. The van der Waals surface area contributed by atoms with Crippen molar-refractivity contribution in [2.75, 3.05) is 25.6 Å². The van der Waals surface area contributed by atoms with Crippen LogP contribution < -0.4 is 20.5 Å². The molecular formula is C19H18F3N3O4. The van der Waals surface area contributed by atoms with Crippen molar-refractivity contribution in [3.63, 3.8) is 0 Å². The van der Waals surface area contributed by atoms with Crippen molar-refractivity contribution in [1.82, 2.24) is 4.90 Å². The molecule has 0 saturated carbocycles. The van der Waals surface area contributed by atoms with Gasteiger partial charge in [-0.1, -0.05) is 18.2 Å². The molecular weight excluding hydrogens is 391 g/mol. The Bertz CT molecular complexity index is 933. The first-order valence-corrected chi connectivity index (χ1v) is 8.52. The van der Waals surface area contributed by atoms with Gasteiger partial charge in [-0.15, -0.1) is 0 Å². The summed E-state index contributed by atoms with van der Waals surface area (Å²) >= 11 is 0. The molecule has 3 N–H and O–H groups in total. The summed E-state index contributed by atoms with van der Waals surface area (Å²) in [6, 6.07) is 10.7. The summed E-state index contributed by atoms with van der Waals surface area (Å²) < 4.78 is 49.9. The standard InChI is InChI=1S/C19H18F3N3O4/c1-28-15-8-11(6-7-14(15)29-9-16(23)26)17-24-13-5-3-2-4-12(13)18(27)25(17)10-19(20,21)22/h2-8,17,24H,9-10H2,1H3,(H2,23,26)/t17-/m1/s1. The maximum Gasteiger partial charge on any atom is 0.406 e. The third-order valence-corrected chi connectivity index (χ3v) is 4.25. The Morgan fingerprint density at radius 2 is 1.93 bits per heavy atom. The van der Waals surface area contributed by atoms with E-state index in [1.807, 2.05) is 0 Å². The van der Waals surface area contributed by atoms with Crippen LogP contribution in [0.15, 0.2) is 42.5 Å². The highest BCUT2D eigenvalue weighted by Gasteiger charge is 2.40. The summed E-state index contributed by atoms with van der Waals surface area (Å²) in [5, 5.41) is 2.97. The number of hydrogen-bond donors (Lipinski definition) is 2. The Labute approximate surface area is 164 Å². The zero-order valence-corrected chi connectivity index (χ0v) is 15.3. The molecule has 1 aliphatic heterocycles. The van der Waals surface area contributed by atoms with E-state index < -0.39 is 30.7 Å². The van der Waals surface area contributed by atoms with Gasteiger partial charge < -0.3 is 25.4 Å². The quantitative estimate of drug-likeness (QED) is 0.765. The molecule has 10 heteroatoms. The molecule has 1 aliphatic rings. The van der Waals surface area contributed by atoms with Gasteiger partial charge in [0.2, 0.25) is 0 Å². The predicted molar refractivity (Wildman–Crippen MR) is 97.6 cm³/mol. The number of amides is 2. The van der Waals surface area contributed by atoms with Crippen LogP contribution in [0.2, 0.25) is 0 Å². The summed E-state index contributed by atoms with van der Waals surface area (Å²) in [4.78, 5) is 24.4. The molecule has 7 nitrogen and oxygen atoms in total. The highest BCUT2D eigenvalue weighted by molar-refractivity contribution is 6.01. The van der Waals surface area contributed by atoms with E-state index in [1.54, 1.807) is 18.2 Å². The van der Waals surface area contributed by atoms with Gasteiger partial charge in [0.15, 0.2) is 18.1 Å². The van der Waals surface area contributed by atoms with E-state index in [2.05, 4.69) is 5.32 Å². The van der Waals surface area contributed by atoms with Crippen molar-refractivity contribution >= 4 is 17.5 Å². The number of fused-ring (bicyclic) bond motifs is 1. The molecule has 1 heterocycles. The van der Waals surface area contributed by atoms with Crippen LogP contribution in [-0.2, 0) is 4.79 Å². The van der Waals surface area contributed by atoms with Crippen molar-refractivity contribution in [1.29, 1.82) is 0 Å². The fourth-order valence-corrected chi connectivity index (χ4v) is 3.03. The number of rotatable bonds is 6. The number of benzene rings is 2. The van der Waals surface area contributed by atoms with Crippen molar-refractivity contribution in [3.05, 3.63) is 53.6 Å². The van der Waals surface area contributed by atoms with Gasteiger partial charge >= 0.3 is 6.18 Å². The summed E-state index contributed by atoms with van der Waals surface area (Å²) in [5.41, 5.74) is 5.98. The van der Waals surface area contributed by atoms with E-state index >= 15 is 0 Å². The lowest BCUT2D eigenvalue weighted by atomic mass is 10.0. The van der Waals surface area contributed by atoms with Crippen LogP contribution in [0.25, 0.3) is 0 Å². The molecule has 29 heavy (non-hydrogen) atoms. The number of carbonyl (C=O) groups is 2. The van der Waals surface area contributed by atoms with Crippen molar-refractivity contribution < 1.29 is 32.2 Å². The SMILES string of the molecule is COc1cc([C@@H]2Nc3ccccc3C(=O)N2CC(F)(F)F)ccc1OCC(N)=O. The molecule has 2 aromatic carbocycles. The van der Waals surface area contributed by atoms with E-state index in [0.717, 1.165) is 0 Å². The van der Waals surface area contributed by atoms with Gasteiger partial charge in [-0.05, 0) is 29.8 Å². The van der Waals surface area contributed by atoms with E-state index in [0.29, 0.717) is 16.2 Å². The fourth-order valence-electron chi connectivity index (χ4n) is 3.03. The van der Waals surface area contributed by atoms with Crippen LogP contribution >= 0.6 is 0 Å². The molecule has 0 aliphatic carbocycles. The second-order valence-electron chi connectivity index (χ2n) is 6.31. The van der Waals surface area contributed by atoms with Gasteiger partial charge in [0.05, 0.1) is 12.7 Å². The first-order valence-electron chi connectivity index (χ1n) is 8.52. The number of halogens is 3. The number of primary amides is 1. The highest BCUT2D eigenvalue weighted by Crippen LogP contribution is 2.38. The second-order valence-corrected chi connectivity index (χ2v) is 6.31. The second kappa shape index (κ2) is 7.90. The molecule has 0 radical (unpaired) electrons. The number of para-hydroxylation sites is 1. The zero-order chi connectivity index (χ0) is 21.2. The first kappa shape index (κ1) is 20.3. The number of nitrogens with two attached hydrogens (primary N) is 1. The molecule has 1 atom stereocenters. The predicted octanol–water partition coefficient (Wildman–Crippen LogP) is 2.69. The van der Waals surface area contributed by atoms with Crippen LogP contribution in [0.5, 0.6) is 11.5 Å². The summed E-state index contributed by atoms with van der Waals surface area (Å²) in [5.74, 6) is -1.05. The minimum atomic E-state index is -4.59. The van der Waals surface area contributed by atoms with Crippen LogP contribution in [0, 0.1) is 0 Å². The van der Waals surface area contributed by atoms with Crippen LogP contribution in [0.3, 0.4) is 0 Å².